The minimum absolute atomic E-state index is 0.0436. The summed E-state index contributed by atoms with van der Waals surface area (Å²) in [4.78, 5) is 23.5. The molecule has 1 fully saturated rings. The van der Waals surface area contributed by atoms with Crippen LogP contribution in [-0.4, -0.2) is 49.6 Å². The maximum absolute atomic E-state index is 9.78. The lowest BCUT2D eigenvalue weighted by molar-refractivity contribution is 0.364. The van der Waals surface area contributed by atoms with Crippen molar-refractivity contribution in [1.29, 1.82) is 31.6 Å². The fraction of sp³-hybridized carbons (Fsp3) is 0.250. The van der Waals surface area contributed by atoms with Gasteiger partial charge in [-0.05, 0) is 6.92 Å². The molecule has 12 nitrogen and oxygen atoms in total. The number of aliphatic imine (C=N–C) groups is 3. The molecular formula is C20H6N12. The lowest BCUT2D eigenvalue weighted by atomic mass is 9.77. The van der Waals surface area contributed by atoms with Gasteiger partial charge in [-0.3, -0.25) is 9.98 Å². The van der Waals surface area contributed by atoms with Crippen LogP contribution in [0.5, 0.6) is 0 Å². The van der Waals surface area contributed by atoms with Gasteiger partial charge in [-0.25, -0.2) is 15.0 Å². The molecule has 0 amide bonds. The quantitative estimate of drug-likeness (QED) is 0.530. The third-order valence-electron chi connectivity index (χ3n) is 5.81. The normalized spacial score (nSPS) is 28.2. The van der Waals surface area contributed by atoms with Gasteiger partial charge in [0, 0.05) is 0 Å². The number of hydrogen-bond acceptors (Lipinski definition) is 12. The van der Waals surface area contributed by atoms with Gasteiger partial charge >= 0.3 is 0 Å². The van der Waals surface area contributed by atoms with E-state index < -0.39 is 17.1 Å². The highest BCUT2D eigenvalue weighted by molar-refractivity contribution is 6.53. The number of nitriles is 6. The lowest BCUT2D eigenvalue weighted by Gasteiger charge is -2.42. The van der Waals surface area contributed by atoms with Gasteiger partial charge in [-0.15, -0.1) is 0 Å². The molecule has 0 spiro atoms. The molecular weight excluding hydrogens is 408 g/mol. The summed E-state index contributed by atoms with van der Waals surface area (Å²) in [5.41, 5.74) is -2.67. The predicted octanol–water partition coefficient (Wildman–Crippen LogP) is 0.201. The Hall–Kier alpha value is -5.43. The van der Waals surface area contributed by atoms with Gasteiger partial charge in [-0.2, -0.15) is 31.6 Å². The van der Waals surface area contributed by atoms with Crippen LogP contribution in [0.4, 0.5) is 0 Å². The molecule has 32 heavy (non-hydrogen) atoms. The second kappa shape index (κ2) is 5.80. The van der Waals surface area contributed by atoms with Crippen molar-refractivity contribution in [2.45, 2.75) is 24.0 Å². The van der Waals surface area contributed by atoms with E-state index in [-0.39, 0.29) is 52.2 Å². The van der Waals surface area contributed by atoms with Crippen LogP contribution in [0, 0.1) is 68.0 Å². The van der Waals surface area contributed by atoms with E-state index in [1.807, 2.05) is 30.3 Å². The number of nitrogens with zero attached hydrogens (tertiary/aromatic N) is 12. The van der Waals surface area contributed by atoms with Gasteiger partial charge in [-0.1, -0.05) is 0 Å². The number of aromatic nitrogens is 2. The van der Waals surface area contributed by atoms with Crippen LogP contribution >= 0.6 is 0 Å². The smallest absolute Gasteiger partial charge is 0.198 e. The van der Waals surface area contributed by atoms with Gasteiger partial charge in [0.15, 0.2) is 34.1 Å². The average molecular weight is 414 g/mol. The van der Waals surface area contributed by atoms with Crippen molar-refractivity contribution in [1.82, 2.24) is 14.9 Å². The van der Waals surface area contributed by atoms with Crippen LogP contribution in [-0.2, 0) is 0 Å². The first kappa shape index (κ1) is 18.6. The summed E-state index contributed by atoms with van der Waals surface area (Å²) in [6.45, 7) is 1.83. The fourth-order valence-corrected chi connectivity index (χ4v) is 4.30. The Kier molecular flexibility index (Phi) is 3.37. The van der Waals surface area contributed by atoms with E-state index in [2.05, 4.69) is 31.0 Å². The summed E-state index contributed by atoms with van der Waals surface area (Å²) in [5, 5.41) is 57.2. The van der Waals surface area contributed by atoms with E-state index in [4.69, 9.17) is 0 Å². The van der Waals surface area contributed by atoms with Crippen molar-refractivity contribution in [2.75, 3.05) is 6.54 Å². The molecule has 0 saturated carbocycles. The van der Waals surface area contributed by atoms with Crippen LogP contribution in [0.1, 0.15) is 35.7 Å². The van der Waals surface area contributed by atoms with Crippen LogP contribution in [0.15, 0.2) is 20.7 Å². The monoisotopic (exact) mass is 414 g/mol. The molecule has 12 heteroatoms. The van der Waals surface area contributed by atoms with Crippen molar-refractivity contribution in [2.24, 2.45) is 15.0 Å². The van der Waals surface area contributed by atoms with Gasteiger partial charge < -0.3 is 4.90 Å². The third-order valence-corrected chi connectivity index (χ3v) is 5.81. The first-order valence-corrected chi connectivity index (χ1v) is 9.06. The van der Waals surface area contributed by atoms with Crippen molar-refractivity contribution in [3.8, 4) is 36.4 Å². The van der Waals surface area contributed by atoms with Crippen molar-refractivity contribution < 1.29 is 0 Å². The molecule has 3 atom stereocenters. The zero-order valence-corrected chi connectivity index (χ0v) is 16.2. The Morgan fingerprint density at radius 1 is 0.906 bits per heavy atom. The molecule has 0 bridgehead atoms. The molecule has 0 N–H and O–H groups in total. The van der Waals surface area contributed by atoms with Crippen LogP contribution in [0.25, 0.3) is 5.70 Å². The SMILES string of the molecule is CC12N=C(C#N)C(C#N)=NC1c1nc(C#N)c(C#N)nc1C1=C2N2CC2(C#N)C(C#N)=N1. The first-order chi connectivity index (χ1) is 15.4. The molecule has 4 heterocycles. The topological polar surface area (TPSA) is 209 Å². The minimum atomic E-state index is -1.31. The van der Waals surface area contributed by atoms with Gasteiger partial charge in [0.25, 0.3) is 0 Å². The van der Waals surface area contributed by atoms with Gasteiger partial charge in [0.1, 0.15) is 59.4 Å². The molecule has 0 aromatic carbocycles. The van der Waals surface area contributed by atoms with Crippen molar-refractivity contribution in [3.63, 3.8) is 0 Å². The van der Waals surface area contributed by atoms with Crippen molar-refractivity contribution in [3.05, 3.63) is 28.5 Å². The van der Waals surface area contributed by atoms with Crippen LogP contribution in [0.3, 0.4) is 0 Å². The maximum atomic E-state index is 9.78. The van der Waals surface area contributed by atoms with E-state index in [0.29, 0.717) is 5.70 Å². The highest BCUT2D eigenvalue weighted by Crippen LogP contribution is 2.57. The Morgan fingerprint density at radius 2 is 1.59 bits per heavy atom. The summed E-state index contributed by atoms with van der Waals surface area (Å²) in [5.74, 6) is 0. The first-order valence-electron chi connectivity index (χ1n) is 9.06. The molecule has 1 aliphatic carbocycles. The Balaban J connectivity index is 1.92. The average Bonchev–Trinajstić information content (AvgIpc) is 3.57. The highest BCUT2D eigenvalue weighted by atomic mass is 15.4. The van der Waals surface area contributed by atoms with Crippen LogP contribution in [0.2, 0.25) is 0 Å². The Bertz CT molecular complexity index is 1550. The third kappa shape index (κ3) is 1.95. The summed E-state index contributed by atoms with van der Waals surface area (Å²) in [6.07, 6.45) is 0. The summed E-state index contributed by atoms with van der Waals surface area (Å²) in [6, 6.07) is 10.4. The minimum Gasteiger partial charge on any atom is -0.342 e. The molecule has 4 aliphatic rings. The Labute approximate surface area is 180 Å². The van der Waals surface area contributed by atoms with Gasteiger partial charge in [0.05, 0.1) is 17.9 Å². The molecule has 0 radical (unpaired) electrons. The zero-order chi connectivity index (χ0) is 22.8. The molecule has 5 rings (SSSR count). The second-order valence-electron chi connectivity index (χ2n) is 7.42. The van der Waals surface area contributed by atoms with Crippen molar-refractivity contribution >= 4 is 22.8 Å². The summed E-state index contributed by atoms with van der Waals surface area (Å²) in [7, 11) is 0. The van der Waals surface area contributed by atoms with Crippen LogP contribution < -0.4 is 0 Å². The maximum Gasteiger partial charge on any atom is 0.198 e. The standard InChI is InChI=1S/C20H6N12/c1-19-17(29-11(4-23)12(5-24)31-19)15-14(27-9(2-21)10(3-22)28-15)16-18(19)32-8-20(32,7-26)13(6-25)30-16/h17H,8H2,1H3. The molecule has 3 aliphatic heterocycles. The highest BCUT2D eigenvalue weighted by Gasteiger charge is 2.67. The largest absolute Gasteiger partial charge is 0.342 e. The predicted molar refractivity (Wildman–Crippen MR) is 104 cm³/mol. The van der Waals surface area contributed by atoms with E-state index in [0.717, 1.165) is 0 Å². The van der Waals surface area contributed by atoms with E-state index in [1.165, 1.54) is 0 Å². The summed E-state index contributed by atoms with van der Waals surface area (Å²) < 4.78 is 0. The molecule has 1 aromatic heterocycles. The number of hydrogen-bond donors (Lipinski definition) is 0. The fourth-order valence-electron chi connectivity index (χ4n) is 4.30. The molecule has 146 valence electrons. The zero-order valence-electron chi connectivity index (χ0n) is 16.2. The summed E-state index contributed by atoms with van der Waals surface area (Å²) >= 11 is 0. The van der Waals surface area contributed by atoms with E-state index in [9.17, 15) is 31.6 Å². The number of fused-ring (bicyclic) bond motifs is 7. The molecule has 3 unspecified atom stereocenters. The number of rotatable bonds is 0. The molecule has 1 saturated heterocycles. The van der Waals surface area contributed by atoms with Gasteiger partial charge in [0.2, 0.25) is 0 Å². The Morgan fingerprint density at radius 3 is 2.19 bits per heavy atom. The van der Waals surface area contributed by atoms with E-state index >= 15 is 0 Å². The lowest BCUT2D eigenvalue weighted by Crippen LogP contribution is -2.47. The second-order valence-corrected chi connectivity index (χ2v) is 7.42. The molecule has 1 aromatic rings. The van der Waals surface area contributed by atoms with E-state index in [1.54, 1.807) is 11.8 Å².